The molecule has 1 N–H and O–H groups in total. The summed E-state index contributed by atoms with van der Waals surface area (Å²) in [6.45, 7) is 2.09. The number of carboxylic acids is 1. The van der Waals surface area contributed by atoms with Crippen molar-refractivity contribution < 1.29 is 19.7 Å². The van der Waals surface area contributed by atoms with E-state index in [1.54, 1.807) is 6.92 Å². The molecule has 0 spiro atoms. The van der Waals surface area contributed by atoms with E-state index in [9.17, 15) is 9.90 Å². The molecule has 0 unspecified atom stereocenters. The average molecular weight is 242 g/mol. The number of halogens is 1. The maximum atomic E-state index is 11.5. The molecule has 1 rings (SSSR count). The highest BCUT2D eigenvalue weighted by molar-refractivity contribution is 6.32. The van der Waals surface area contributed by atoms with Gasteiger partial charge in [0.25, 0.3) is 0 Å². The molecule has 1 aromatic rings. The molecular weight excluding hydrogens is 232 g/mol. The summed E-state index contributed by atoms with van der Waals surface area (Å²) in [5.74, 6) is -1.34. The van der Waals surface area contributed by atoms with Crippen molar-refractivity contribution in [3.8, 4) is 11.5 Å². The highest BCUT2D eigenvalue weighted by atomic mass is 35.5. The molecule has 0 aromatic heterocycles. The normalized spacial score (nSPS) is 10.6. The number of hydrogen-bond acceptors (Lipinski definition) is 3. The van der Waals surface area contributed by atoms with Crippen molar-refractivity contribution in [2.45, 2.75) is 6.92 Å². The van der Waals surface area contributed by atoms with Gasteiger partial charge in [0.05, 0.1) is 6.61 Å². The monoisotopic (exact) mass is 241 g/mol. The predicted octanol–water partition coefficient (Wildman–Crippen LogP) is 1.91. The van der Waals surface area contributed by atoms with E-state index in [0.717, 1.165) is 6.08 Å². The van der Waals surface area contributed by atoms with Crippen molar-refractivity contribution in [2.24, 2.45) is 0 Å². The minimum Gasteiger partial charge on any atom is -0.869 e. The minimum absolute atomic E-state index is 0.0102. The lowest BCUT2D eigenvalue weighted by atomic mass is 10.2. The van der Waals surface area contributed by atoms with Crippen molar-refractivity contribution >= 4 is 23.6 Å². The average Bonchev–Trinajstić information content (AvgIpc) is 2.22. The lowest BCUT2D eigenvalue weighted by molar-refractivity contribution is -0.270. The Bertz CT molecular complexity index is 426. The van der Waals surface area contributed by atoms with Crippen LogP contribution in [0.4, 0.5) is 0 Å². The van der Waals surface area contributed by atoms with E-state index in [4.69, 9.17) is 21.4 Å². The molecule has 0 saturated carbocycles. The van der Waals surface area contributed by atoms with E-state index in [0.29, 0.717) is 12.2 Å². The standard InChI is InChI=1S/C11H11ClO4/c1-2-16-9-6-7(3-4-10(13)14)5-8(12)11(9)15/h3-6,15H,2H2,1H3,(H,13,14)/p-1/b4-3-. The van der Waals surface area contributed by atoms with Crippen LogP contribution in [0.25, 0.3) is 6.08 Å². The Hall–Kier alpha value is -1.68. The summed E-state index contributed by atoms with van der Waals surface area (Å²) in [4.78, 5) is 10.3. The molecule has 0 bridgehead atoms. The minimum atomic E-state index is -1.07. The molecule has 0 fully saturated rings. The summed E-state index contributed by atoms with van der Waals surface area (Å²) in [5, 5.41) is 19.9. The predicted molar refractivity (Wildman–Crippen MR) is 58.7 cm³/mol. The number of carboxylic acid groups (broad SMARTS) is 1. The van der Waals surface area contributed by atoms with E-state index in [-0.39, 0.29) is 10.8 Å². The highest BCUT2D eigenvalue weighted by Gasteiger charge is 2.01. The summed E-state index contributed by atoms with van der Waals surface area (Å²) in [6, 6.07) is 2.85. The highest BCUT2D eigenvalue weighted by Crippen LogP contribution is 2.33. The van der Waals surface area contributed by atoms with E-state index in [1.165, 1.54) is 18.2 Å². The van der Waals surface area contributed by atoms with Gasteiger partial charge in [0.15, 0.2) is 0 Å². The van der Waals surface area contributed by atoms with E-state index in [1.807, 2.05) is 0 Å². The molecule has 0 aliphatic rings. The summed E-state index contributed by atoms with van der Waals surface area (Å²) in [7, 11) is 0. The van der Waals surface area contributed by atoms with Crippen molar-refractivity contribution in [3.63, 3.8) is 0 Å². The Kier molecular flexibility index (Phi) is 4.19. The van der Waals surface area contributed by atoms with Gasteiger partial charge in [-0.2, -0.15) is 0 Å². The number of carbonyl (C=O) groups is 1. The van der Waals surface area contributed by atoms with Gasteiger partial charge in [-0.1, -0.05) is 11.6 Å². The second kappa shape index (κ2) is 5.42. The van der Waals surface area contributed by atoms with Gasteiger partial charge in [-0.15, -0.1) is 0 Å². The fraction of sp³-hybridized carbons (Fsp3) is 0.182. The Balaban J connectivity index is 3.08. The molecule has 4 nitrogen and oxygen atoms in total. The Morgan fingerprint density at radius 2 is 2.31 bits per heavy atom. The number of hydrogen-bond donors (Lipinski definition) is 1. The summed E-state index contributed by atoms with van der Waals surface area (Å²) >= 11 is 5.70. The summed E-state index contributed by atoms with van der Waals surface area (Å²) in [6.07, 6.45) is 2.31. The maximum absolute atomic E-state index is 11.5. The van der Waals surface area contributed by atoms with Crippen LogP contribution in [-0.2, 0) is 4.79 Å². The van der Waals surface area contributed by atoms with Crippen LogP contribution in [0.15, 0.2) is 18.2 Å². The molecular formula is C11H10ClO4-. The van der Waals surface area contributed by atoms with Crippen molar-refractivity contribution in [1.82, 2.24) is 0 Å². The fourth-order valence-corrected chi connectivity index (χ4v) is 1.33. The van der Waals surface area contributed by atoms with Crippen LogP contribution in [0.2, 0.25) is 5.02 Å². The van der Waals surface area contributed by atoms with Gasteiger partial charge in [0, 0.05) is 11.1 Å². The van der Waals surface area contributed by atoms with Gasteiger partial charge in [0.2, 0.25) is 0 Å². The van der Waals surface area contributed by atoms with Crippen molar-refractivity contribution in [3.05, 3.63) is 28.8 Å². The van der Waals surface area contributed by atoms with Crippen LogP contribution in [0.5, 0.6) is 11.5 Å². The van der Waals surface area contributed by atoms with Crippen LogP contribution < -0.4 is 9.84 Å². The number of aliphatic carboxylic acids is 1. The lowest BCUT2D eigenvalue weighted by Crippen LogP contribution is -1.99. The van der Waals surface area contributed by atoms with Crippen LogP contribution in [-0.4, -0.2) is 17.7 Å². The Morgan fingerprint density at radius 3 is 2.88 bits per heavy atom. The third-order valence-corrected chi connectivity index (χ3v) is 2.03. The largest absolute Gasteiger partial charge is 0.869 e. The second-order valence-electron chi connectivity index (χ2n) is 2.93. The van der Waals surface area contributed by atoms with Crippen LogP contribution >= 0.6 is 11.6 Å². The van der Waals surface area contributed by atoms with Crippen LogP contribution in [0.1, 0.15) is 12.5 Å². The second-order valence-corrected chi connectivity index (χ2v) is 3.34. The molecule has 0 aliphatic heterocycles. The number of rotatable bonds is 4. The van der Waals surface area contributed by atoms with Gasteiger partial charge in [-0.3, -0.25) is 0 Å². The zero-order valence-electron chi connectivity index (χ0n) is 8.57. The first kappa shape index (κ1) is 12.4. The van der Waals surface area contributed by atoms with E-state index in [2.05, 4.69) is 0 Å². The first-order valence-corrected chi connectivity index (χ1v) is 4.96. The van der Waals surface area contributed by atoms with Gasteiger partial charge < -0.3 is 14.9 Å². The third-order valence-electron chi connectivity index (χ3n) is 1.75. The smallest absolute Gasteiger partial charge is 0.328 e. The molecule has 1 aromatic carbocycles. The first-order chi connectivity index (χ1) is 7.54. The van der Waals surface area contributed by atoms with Crippen LogP contribution in [0.3, 0.4) is 0 Å². The fourth-order valence-electron chi connectivity index (χ4n) is 1.11. The zero-order valence-corrected chi connectivity index (χ0v) is 9.32. The SMILES string of the molecule is CCOc1cc(/C=C\C(=O)O)cc(Cl)c1[O-]. The molecule has 0 saturated heterocycles. The first-order valence-electron chi connectivity index (χ1n) is 4.59. The molecule has 86 valence electrons. The molecule has 0 heterocycles. The third kappa shape index (κ3) is 3.17. The van der Waals surface area contributed by atoms with Crippen molar-refractivity contribution in [2.75, 3.05) is 6.61 Å². The molecule has 0 aliphatic carbocycles. The molecule has 0 radical (unpaired) electrons. The quantitative estimate of drug-likeness (QED) is 0.818. The maximum Gasteiger partial charge on any atom is 0.328 e. The Morgan fingerprint density at radius 1 is 1.62 bits per heavy atom. The summed E-state index contributed by atoms with van der Waals surface area (Å²) in [5.41, 5.74) is 0.510. The Labute approximate surface area is 97.7 Å². The van der Waals surface area contributed by atoms with Gasteiger partial charge in [-0.25, -0.2) is 4.79 Å². The molecule has 0 amide bonds. The number of ether oxygens (including phenoxy) is 1. The molecule has 0 atom stereocenters. The zero-order chi connectivity index (χ0) is 12.1. The summed E-state index contributed by atoms with van der Waals surface area (Å²) < 4.78 is 5.09. The van der Waals surface area contributed by atoms with E-state index >= 15 is 0 Å². The van der Waals surface area contributed by atoms with Crippen molar-refractivity contribution in [1.29, 1.82) is 0 Å². The van der Waals surface area contributed by atoms with Crippen LogP contribution in [0, 0.1) is 0 Å². The lowest BCUT2D eigenvalue weighted by Gasteiger charge is -2.16. The van der Waals surface area contributed by atoms with Gasteiger partial charge in [0.1, 0.15) is 5.75 Å². The van der Waals surface area contributed by atoms with Gasteiger partial charge in [-0.05, 0) is 36.4 Å². The molecule has 16 heavy (non-hydrogen) atoms. The van der Waals surface area contributed by atoms with Gasteiger partial charge >= 0.3 is 5.97 Å². The number of benzene rings is 1. The van der Waals surface area contributed by atoms with E-state index < -0.39 is 11.7 Å². The molecule has 5 heteroatoms. The topological polar surface area (TPSA) is 69.6 Å².